The molecule has 2 aromatic rings. The number of carbonyl (C=O) groups is 2. The normalized spacial score (nSPS) is 16.2. The van der Waals surface area contributed by atoms with Crippen molar-refractivity contribution in [1.29, 1.82) is 5.26 Å². The Balaban J connectivity index is 1.63. The van der Waals surface area contributed by atoms with Crippen molar-refractivity contribution < 1.29 is 14.3 Å². The van der Waals surface area contributed by atoms with E-state index in [9.17, 15) is 9.59 Å². The minimum Gasteiger partial charge on any atom is -0.442 e. The van der Waals surface area contributed by atoms with E-state index in [1.54, 1.807) is 17.0 Å². The predicted molar refractivity (Wildman–Crippen MR) is 103 cm³/mol. The van der Waals surface area contributed by atoms with Crippen LogP contribution in [0.15, 0.2) is 48.5 Å². The number of nitriles is 1. The first-order valence-corrected chi connectivity index (χ1v) is 8.56. The molecule has 0 unspecified atom stereocenters. The maximum Gasteiger partial charge on any atom is 0.414 e. The highest BCUT2D eigenvalue weighted by Crippen LogP contribution is 2.22. The Labute approximate surface area is 157 Å². The number of carbonyl (C=O) groups excluding carboxylic acids is 2. The van der Waals surface area contributed by atoms with Crippen LogP contribution >= 0.6 is 0 Å². The molecular weight excluding hydrogens is 342 g/mol. The molecule has 136 valence electrons. The molecular formula is C21H19N3O3. The molecule has 6 nitrogen and oxygen atoms in total. The Hall–Kier alpha value is -3.59. The zero-order chi connectivity index (χ0) is 19.2. The van der Waals surface area contributed by atoms with E-state index in [0.717, 1.165) is 16.8 Å². The van der Waals surface area contributed by atoms with Gasteiger partial charge < -0.3 is 10.1 Å². The van der Waals surface area contributed by atoms with E-state index in [-0.39, 0.29) is 12.0 Å². The Morgan fingerprint density at radius 1 is 1.19 bits per heavy atom. The number of rotatable bonds is 5. The minimum atomic E-state index is -0.411. The molecule has 1 aliphatic rings. The fraction of sp³-hybridized carbons (Fsp3) is 0.190. The van der Waals surface area contributed by atoms with Crippen LogP contribution in [0.2, 0.25) is 0 Å². The zero-order valence-electron chi connectivity index (χ0n) is 14.9. The third-order valence-electron chi connectivity index (χ3n) is 4.17. The lowest BCUT2D eigenvalue weighted by Crippen LogP contribution is -2.33. The Morgan fingerprint density at radius 2 is 1.78 bits per heavy atom. The van der Waals surface area contributed by atoms with E-state index in [1.165, 1.54) is 6.92 Å². The first kappa shape index (κ1) is 18.2. The van der Waals surface area contributed by atoms with Gasteiger partial charge in [0.2, 0.25) is 5.91 Å². The van der Waals surface area contributed by atoms with Crippen molar-refractivity contribution in [3.8, 4) is 6.07 Å². The van der Waals surface area contributed by atoms with Crippen molar-refractivity contribution in [3.05, 3.63) is 65.2 Å². The van der Waals surface area contributed by atoms with E-state index in [4.69, 9.17) is 10.00 Å². The molecule has 1 heterocycles. The molecule has 1 atom stereocenters. The number of hydrogen-bond acceptors (Lipinski definition) is 4. The van der Waals surface area contributed by atoms with Crippen LogP contribution in [0.5, 0.6) is 0 Å². The molecule has 1 fully saturated rings. The standard InChI is InChI=1S/C21H19N3O3/c1-15(25)23-13-20-14-24(21(26)27-20)19-10-8-17(9-11-19)3-2-16-4-6-18(12-22)7-5-16/h2-11,20H,13-14H2,1H3,(H,23,25)/t20-/m0/s1. The summed E-state index contributed by atoms with van der Waals surface area (Å²) in [6.07, 6.45) is 3.17. The Kier molecular flexibility index (Phi) is 5.53. The number of cyclic esters (lactones) is 1. The maximum atomic E-state index is 12.0. The van der Waals surface area contributed by atoms with Gasteiger partial charge in [0.15, 0.2) is 0 Å². The quantitative estimate of drug-likeness (QED) is 0.829. The number of nitrogens with zero attached hydrogens (tertiary/aromatic N) is 2. The second-order valence-electron chi connectivity index (χ2n) is 6.21. The molecule has 3 rings (SSSR count). The molecule has 27 heavy (non-hydrogen) atoms. The summed E-state index contributed by atoms with van der Waals surface area (Å²) < 4.78 is 5.27. The van der Waals surface area contributed by atoms with E-state index >= 15 is 0 Å². The number of hydrogen-bond donors (Lipinski definition) is 1. The van der Waals surface area contributed by atoms with Crippen molar-refractivity contribution in [1.82, 2.24) is 5.32 Å². The molecule has 0 aromatic heterocycles. The average molecular weight is 361 g/mol. The summed E-state index contributed by atoms with van der Waals surface area (Å²) in [5, 5.41) is 11.5. The largest absolute Gasteiger partial charge is 0.442 e. The monoisotopic (exact) mass is 361 g/mol. The SMILES string of the molecule is CC(=O)NC[C@H]1CN(c2ccc(C=Cc3ccc(C#N)cc3)cc2)C(=O)O1. The van der Waals surface area contributed by atoms with Gasteiger partial charge in [0.05, 0.1) is 24.7 Å². The van der Waals surface area contributed by atoms with Gasteiger partial charge in [-0.25, -0.2) is 4.79 Å². The van der Waals surface area contributed by atoms with Crippen molar-refractivity contribution in [2.24, 2.45) is 0 Å². The minimum absolute atomic E-state index is 0.150. The lowest BCUT2D eigenvalue weighted by molar-refractivity contribution is -0.119. The first-order chi connectivity index (χ1) is 13.0. The summed E-state index contributed by atoms with van der Waals surface area (Å²) in [6.45, 7) is 2.14. The van der Waals surface area contributed by atoms with Crippen molar-refractivity contribution in [2.75, 3.05) is 18.0 Å². The van der Waals surface area contributed by atoms with Gasteiger partial charge in [0.1, 0.15) is 6.10 Å². The first-order valence-electron chi connectivity index (χ1n) is 8.56. The summed E-state index contributed by atoms with van der Waals surface area (Å²) in [4.78, 5) is 24.6. The summed E-state index contributed by atoms with van der Waals surface area (Å²) in [5.74, 6) is -0.150. The van der Waals surface area contributed by atoms with Gasteiger partial charge >= 0.3 is 6.09 Å². The van der Waals surface area contributed by atoms with E-state index < -0.39 is 6.09 Å². The van der Waals surface area contributed by atoms with Crippen LogP contribution < -0.4 is 10.2 Å². The topological polar surface area (TPSA) is 82.4 Å². The second-order valence-corrected chi connectivity index (χ2v) is 6.21. The van der Waals surface area contributed by atoms with Gasteiger partial charge in [-0.2, -0.15) is 5.26 Å². The van der Waals surface area contributed by atoms with Crippen LogP contribution in [-0.2, 0) is 9.53 Å². The summed E-state index contributed by atoms with van der Waals surface area (Å²) in [7, 11) is 0. The highest BCUT2D eigenvalue weighted by molar-refractivity contribution is 5.90. The van der Waals surface area contributed by atoms with Crippen molar-refractivity contribution >= 4 is 29.8 Å². The van der Waals surface area contributed by atoms with E-state index in [1.807, 2.05) is 48.6 Å². The summed E-state index contributed by atoms with van der Waals surface area (Å²) >= 11 is 0. The maximum absolute atomic E-state index is 12.0. The second kappa shape index (κ2) is 8.19. The van der Waals surface area contributed by atoms with Gasteiger partial charge in [0.25, 0.3) is 0 Å². The molecule has 2 aromatic carbocycles. The number of nitrogens with one attached hydrogen (secondary N) is 1. The lowest BCUT2D eigenvalue weighted by Gasteiger charge is -2.13. The van der Waals surface area contributed by atoms with Crippen LogP contribution in [0.4, 0.5) is 10.5 Å². The van der Waals surface area contributed by atoms with Crippen LogP contribution in [0.3, 0.4) is 0 Å². The summed E-state index contributed by atoms with van der Waals surface area (Å²) in [5.41, 5.74) is 3.37. The van der Waals surface area contributed by atoms with Gasteiger partial charge in [0, 0.05) is 12.6 Å². The van der Waals surface area contributed by atoms with E-state index in [2.05, 4.69) is 11.4 Å². The third kappa shape index (κ3) is 4.73. The fourth-order valence-corrected chi connectivity index (χ4v) is 2.72. The number of benzene rings is 2. The van der Waals surface area contributed by atoms with Crippen LogP contribution in [0, 0.1) is 11.3 Å². The van der Waals surface area contributed by atoms with Crippen LogP contribution in [0.25, 0.3) is 12.2 Å². The summed E-state index contributed by atoms with van der Waals surface area (Å²) in [6, 6.07) is 17.0. The molecule has 6 heteroatoms. The number of amides is 2. The van der Waals surface area contributed by atoms with Gasteiger partial charge in [-0.05, 0) is 35.4 Å². The van der Waals surface area contributed by atoms with Crippen LogP contribution in [0.1, 0.15) is 23.6 Å². The van der Waals surface area contributed by atoms with E-state index in [0.29, 0.717) is 18.7 Å². The third-order valence-corrected chi connectivity index (χ3v) is 4.17. The van der Waals surface area contributed by atoms with Crippen LogP contribution in [-0.4, -0.2) is 31.2 Å². The van der Waals surface area contributed by atoms with Crippen molar-refractivity contribution in [2.45, 2.75) is 13.0 Å². The molecule has 1 N–H and O–H groups in total. The highest BCUT2D eigenvalue weighted by atomic mass is 16.6. The molecule has 1 aliphatic heterocycles. The molecule has 0 radical (unpaired) electrons. The number of ether oxygens (including phenoxy) is 1. The van der Waals surface area contributed by atoms with Crippen molar-refractivity contribution in [3.63, 3.8) is 0 Å². The lowest BCUT2D eigenvalue weighted by atomic mass is 10.1. The molecule has 0 bridgehead atoms. The molecule has 0 spiro atoms. The molecule has 2 amide bonds. The zero-order valence-corrected chi connectivity index (χ0v) is 14.9. The molecule has 1 saturated heterocycles. The average Bonchev–Trinajstić information content (AvgIpc) is 3.06. The smallest absolute Gasteiger partial charge is 0.414 e. The fourth-order valence-electron chi connectivity index (χ4n) is 2.72. The van der Waals surface area contributed by atoms with Gasteiger partial charge in [-0.15, -0.1) is 0 Å². The van der Waals surface area contributed by atoms with Gasteiger partial charge in [-0.3, -0.25) is 9.69 Å². The Morgan fingerprint density at radius 3 is 2.33 bits per heavy atom. The number of anilines is 1. The Bertz CT molecular complexity index is 896. The van der Waals surface area contributed by atoms with Gasteiger partial charge in [-0.1, -0.05) is 36.4 Å². The highest BCUT2D eigenvalue weighted by Gasteiger charge is 2.32. The predicted octanol–water partition coefficient (Wildman–Crippen LogP) is 3.19. The molecule has 0 aliphatic carbocycles. The molecule has 0 saturated carbocycles.